The van der Waals surface area contributed by atoms with Gasteiger partial charge in [0.2, 0.25) is 11.8 Å². The van der Waals surface area contributed by atoms with Gasteiger partial charge in [-0.3, -0.25) is 14.4 Å². The highest BCUT2D eigenvalue weighted by molar-refractivity contribution is 6.07. The van der Waals surface area contributed by atoms with Crippen LogP contribution in [-0.4, -0.2) is 58.2 Å². The first-order chi connectivity index (χ1) is 19.2. The topological polar surface area (TPSA) is 109 Å². The molecular weight excluding hydrogens is 516 g/mol. The van der Waals surface area contributed by atoms with Gasteiger partial charge in [-0.25, -0.2) is 8.78 Å². The number of nitrogens with zero attached hydrogens (tertiary/aromatic N) is 3. The Morgan fingerprint density at radius 2 is 1.95 bits per heavy atom. The number of fused-ring (bicyclic) bond motifs is 3. The second-order valence-corrected chi connectivity index (χ2v) is 11.2. The van der Waals surface area contributed by atoms with Crippen molar-refractivity contribution in [2.75, 3.05) is 18.9 Å². The summed E-state index contributed by atoms with van der Waals surface area (Å²) < 4.78 is 28.1. The quantitative estimate of drug-likeness (QED) is 0.493. The molecule has 1 aliphatic carbocycles. The molecule has 3 heterocycles. The predicted molar refractivity (Wildman–Crippen MR) is 143 cm³/mol. The minimum atomic E-state index is -1.04. The van der Waals surface area contributed by atoms with Crippen LogP contribution in [0, 0.1) is 28.9 Å². The molecule has 3 amide bonds. The fraction of sp³-hybridized carbons (Fsp3) is 0.400. The summed E-state index contributed by atoms with van der Waals surface area (Å²) in [5.74, 6) is -2.51. The molecule has 3 aromatic rings. The Morgan fingerprint density at radius 3 is 2.70 bits per heavy atom. The molecule has 1 saturated carbocycles. The number of hydrogen-bond acceptors (Lipinski definition) is 4. The summed E-state index contributed by atoms with van der Waals surface area (Å²) in [6.45, 7) is 0.0347. The number of para-hydroxylation sites is 1. The van der Waals surface area contributed by atoms with Gasteiger partial charge in [-0.1, -0.05) is 43.9 Å². The Morgan fingerprint density at radius 1 is 1.20 bits per heavy atom. The maximum atomic E-state index is 14.3. The highest BCUT2D eigenvalue weighted by Gasteiger charge is 2.56. The number of likely N-dealkylation sites (tertiary alicyclic amines) is 1. The first-order valence-corrected chi connectivity index (χ1v) is 13.6. The molecule has 1 spiro atoms. The summed E-state index contributed by atoms with van der Waals surface area (Å²) in [7, 11) is 1.52. The van der Waals surface area contributed by atoms with Crippen LogP contribution < -0.4 is 5.32 Å². The zero-order valence-electron chi connectivity index (χ0n) is 22.0. The van der Waals surface area contributed by atoms with Crippen LogP contribution in [0.25, 0.3) is 10.9 Å². The number of amides is 3. The third kappa shape index (κ3) is 4.12. The summed E-state index contributed by atoms with van der Waals surface area (Å²) in [6.07, 6.45) is 4.53. The molecule has 1 unspecified atom stereocenters. The number of aromatic nitrogens is 1. The minimum absolute atomic E-state index is 0.0324. The number of anilines is 1. The van der Waals surface area contributed by atoms with Crippen molar-refractivity contribution in [2.24, 2.45) is 5.92 Å². The highest BCUT2D eigenvalue weighted by atomic mass is 19.1. The second kappa shape index (κ2) is 9.73. The van der Waals surface area contributed by atoms with Crippen LogP contribution in [-0.2, 0) is 15.0 Å². The van der Waals surface area contributed by atoms with E-state index in [1.54, 1.807) is 6.07 Å². The van der Waals surface area contributed by atoms with E-state index in [9.17, 15) is 28.4 Å². The lowest BCUT2D eigenvalue weighted by Gasteiger charge is -2.33. The Kier molecular flexibility index (Phi) is 6.32. The SMILES string of the molecule is CN(C(=O)c1cc2c(F)cc(F)cc2[nH]1)[C@@H](CC1CCCC1)C(=O)N1C[C@]2(CC1C#N)C(=O)Nc1ccccc12. The van der Waals surface area contributed by atoms with Crippen molar-refractivity contribution in [3.05, 3.63) is 65.4 Å². The largest absolute Gasteiger partial charge is 0.350 e. The zero-order chi connectivity index (χ0) is 28.2. The average Bonchev–Trinajstić information content (AvgIpc) is 3.73. The van der Waals surface area contributed by atoms with Gasteiger partial charge in [0.25, 0.3) is 5.91 Å². The molecule has 40 heavy (non-hydrogen) atoms. The van der Waals surface area contributed by atoms with Crippen molar-refractivity contribution in [3.8, 4) is 6.07 Å². The third-order valence-electron chi connectivity index (χ3n) is 8.90. The number of H-pyrrole nitrogens is 1. The van der Waals surface area contributed by atoms with Crippen molar-refractivity contribution in [1.82, 2.24) is 14.8 Å². The average molecular weight is 546 g/mol. The smallest absolute Gasteiger partial charge is 0.270 e. The molecular formula is C30H29F2N5O3. The molecule has 2 fully saturated rings. The molecule has 1 aromatic heterocycles. The monoisotopic (exact) mass is 545 g/mol. The summed E-state index contributed by atoms with van der Waals surface area (Å²) in [6, 6.07) is 11.0. The van der Waals surface area contributed by atoms with Gasteiger partial charge in [0.15, 0.2) is 0 Å². The van der Waals surface area contributed by atoms with E-state index in [0.29, 0.717) is 12.1 Å². The minimum Gasteiger partial charge on any atom is -0.350 e. The molecule has 2 aromatic carbocycles. The Hall–Kier alpha value is -4.26. The number of carbonyl (C=O) groups excluding carboxylic acids is 3. The molecule has 1 saturated heterocycles. The lowest BCUT2D eigenvalue weighted by Crippen LogP contribution is -2.52. The van der Waals surface area contributed by atoms with Crippen molar-refractivity contribution in [2.45, 2.75) is 56.0 Å². The van der Waals surface area contributed by atoms with Crippen LogP contribution in [0.15, 0.2) is 42.5 Å². The van der Waals surface area contributed by atoms with Gasteiger partial charge in [0, 0.05) is 37.2 Å². The van der Waals surface area contributed by atoms with E-state index in [1.807, 2.05) is 18.2 Å². The maximum Gasteiger partial charge on any atom is 0.270 e. The van der Waals surface area contributed by atoms with Crippen LogP contribution in [0.2, 0.25) is 0 Å². The summed E-state index contributed by atoms with van der Waals surface area (Å²) in [5.41, 5.74) is 0.580. The van der Waals surface area contributed by atoms with Gasteiger partial charge in [0.1, 0.15) is 29.4 Å². The number of hydrogen-bond donors (Lipinski definition) is 2. The molecule has 3 aliphatic rings. The molecule has 2 N–H and O–H groups in total. The summed E-state index contributed by atoms with van der Waals surface area (Å²) in [4.78, 5) is 46.7. The number of rotatable bonds is 5. The highest BCUT2D eigenvalue weighted by Crippen LogP contribution is 2.46. The van der Waals surface area contributed by atoms with Crippen molar-refractivity contribution in [3.63, 3.8) is 0 Å². The second-order valence-electron chi connectivity index (χ2n) is 11.2. The molecule has 10 heteroatoms. The fourth-order valence-electron chi connectivity index (χ4n) is 6.77. The number of nitriles is 1. The molecule has 3 atom stereocenters. The van der Waals surface area contributed by atoms with Crippen LogP contribution in [0.5, 0.6) is 0 Å². The van der Waals surface area contributed by atoms with Crippen molar-refractivity contribution >= 4 is 34.3 Å². The number of benzene rings is 2. The summed E-state index contributed by atoms with van der Waals surface area (Å²) in [5, 5.41) is 13.0. The molecule has 0 bridgehead atoms. The van der Waals surface area contributed by atoms with Crippen molar-refractivity contribution < 1.29 is 23.2 Å². The van der Waals surface area contributed by atoms with E-state index in [0.717, 1.165) is 43.4 Å². The van der Waals surface area contributed by atoms with E-state index in [2.05, 4.69) is 16.4 Å². The van der Waals surface area contributed by atoms with E-state index in [-0.39, 0.29) is 41.4 Å². The van der Waals surface area contributed by atoms with Gasteiger partial charge in [-0.05, 0) is 36.1 Å². The van der Waals surface area contributed by atoms with E-state index >= 15 is 0 Å². The number of likely N-dealkylation sites (N-methyl/N-ethyl adjacent to an activating group) is 1. The van der Waals surface area contributed by atoms with Gasteiger partial charge >= 0.3 is 0 Å². The van der Waals surface area contributed by atoms with Crippen LogP contribution in [0.1, 0.15) is 54.6 Å². The predicted octanol–water partition coefficient (Wildman–Crippen LogP) is 4.48. The van der Waals surface area contributed by atoms with E-state index < -0.39 is 40.9 Å². The van der Waals surface area contributed by atoms with Gasteiger partial charge in [-0.2, -0.15) is 5.26 Å². The number of nitrogens with one attached hydrogen (secondary N) is 2. The molecule has 0 radical (unpaired) electrons. The Labute approximate surface area is 229 Å². The lowest BCUT2D eigenvalue weighted by atomic mass is 9.80. The first-order valence-electron chi connectivity index (χ1n) is 13.6. The fourth-order valence-corrected chi connectivity index (χ4v) is 6.77. The van der Waals surface area contributed by atoms with E-state index in [4.69, 9.17) is 0 Å². The Bertz CT molecular complexity index is 1570. The van der Waals surface area contributed by atoms with Gasteiger partial charge < -0.3 is 20.1 Å². The van der Waals surface area contributed by atoms with Crippen LogP contribution in [0.4, 0.5) is 14.5 Å². The lowest BCUT2D eigenvalue weighted by molar-refractivity contribution is -0.136. The van der Waals surface area contributed by atoms with Crippen molar-refractivity contribution in [1.29, 1.82) is 5.26 Å². The van der Waals surface area contributed by atoms with Gasteiger partial charge in [-0.15, -0.1) is 0 Å². The number of halogens is 2. The maximum absolute atomic E-state index is 14.3. The normalized spacial score (nSPS) is 22.9. The number of carbonyl (C=O) groups is 3. The summed E-state index contributed by atoms with van der Waals surface area (Å²) >= 11 is 0. The first kappa shape index (κ1) is 26.0. The molecule has 8 nitrogen and oxygen atoms in total. The number of aromatic amines is 1. The standard InChI is InChI=1S/C30H29F2N5O3/c1-36(27(38)25-13-20-22(32)11-18(31)12-24(20)34-25)26(10-17-6-2-3-7-17)28(39)37-16-30(14-19(37)15-33)21-8-4-5-9-23(21)35-29(30)40/h4-5,8-9,11-13,17,19,26,34H,2-3,6-7,10,14,16H2,1H3,(H,35,40)/t19?,26-,30-/m0/s1. The van der Waals surface area contributed by atoms with E-state index in [1.165, 1.54) is 22.9 Å². The third-order valence-corrected chi connectivity index (χ3v) is 8.90. The molecule has 2 aliphatic heterocycles. The molecule has 206 valence electrons. The zero-order valence-corrected chi connectivity index (χ0v) is 22.0. The molecule has 6 rings (SSSR count). The van der Waals surface area contributed by atoms with Crippen LogP contribution in [0.3, 0.4) is 0 Å². The van der Waals surface area contributed by atoms with Gasteiger partial charge in [0.05, 0.1) is 17.0 Å². The Balaban J connectivity index is 1.33. The van der Waals surface area contributed by atoms with Crippen LogP contribution >= 0.6 is 0 Å².